The van der Waals surface area contributed by atoms with Gasteiger partial charge in [-0.05, 0) is 77.4 Å². The molecule has 0 bridgehead atoms. The molecule has 3 heterocycles. The SMILES string of the molecule is COc1ccc(-c2cnc3ccc(-c4cn(C(c5ccccc5)(c5ccccc5)c5ccccc5)nc4-c4ccc(O)cc4)cn23)cc1. The van der Waals surface area contributed by atoms with Crippen LogP contribution in [0.2, 0.25) is 0 Å². The third kappa shape index (κ3) is 4.91. The smallest absolute Gasteiger partial charge is 0.138 e. The van der Waals surface area contributed by atoms with E-state index in [1.807, 2.05) is 66.9 Å². The number of aromatic nitrogens is 4. The number of aromatic hydroxyl groups is 1. The van der Waals surface area contributed by atoms with Gasteiger partial charge in [-0.25, -0.2) is 4.98 Å². The predicted molar refractivity (Wildman–Crippen MR) is 190 cm³/mol. The Bertz CT molecular complexity index is 2210. The van der Waals surface area contributed by atoms with Gasteiger partial charge in [-0.15, -0.1) is 0 Å². The number of hydrogen-bond donors (Lipinski definition) is 1. The number of pyridine rings is 1. The molecule has 0 spiro atoms. The lowest BCUT2D eigenvalue weighted by Crippen LogP contribution is -2.38. The largest absolute Gasteiger partial charge is 0.508 e. The molecular formula is C42H32N4O2. The van der Waals surface area contributed by atoms with Crippen LogP contribution in [0.1, 0.15) is 16.7 Å². The number of fused-ring (bicyclic) bond motifs is 1. The van der Waals surface area contributed by atoms with Gasteiger partial charge >= 0.3 is 0 Å². The molecule has 0 radical (unpaired) electrons. The topological polar surface area (TPSA) is 64.6 Å². The van der Waals surface area contributed by atoms with Crippen LogP contribution in [0.3, 0.4) is 0 Å². The number of nitrogens with zero attached hydrogens (tertiary/aromatic N) is 4. The van der Waals surface area contributed by atoms with Gasteiger partial charge in [-0.2, -0.15) is 5.10 Å². The zero-order valence-electron chi connectivity index (χ0n) is 26.3. The molecule has 0 aliphatic heterocycles. The van der Waals surface area contributed by atoms with Crippen LogP contribution in [0.25, 0.3) is 39.3 Å². The minimum absolute atomic E-state index is 0.205. The number of imidazole rings is 1. The van der Waals surface area contributed by atoms with Crippen molar-refractivity contribution in [1.82, 2.24) is 19.2 Å². The first-order valence-corrected chi connectivity index (χ1v) is 15.8. The van der Waals surface area contributed by atoms with Crippen LogP contribution in [-0.2, 0) is 5.54 Å². The number of benzene rings is 5. The molecule has 5 aromatic carbocycles. The van der Waals surface area contributed by atoms with Crippen molar-refractivity contribution in [2.75, 3.05) is 7.11 Å². The van der Waals surface area contributed by atoms with Gasteiger partial charge in [-0.3, -0.25) is 9.08 Å². The zero-order valence-corrected chi connectivity index (χ0v) is 26.3. The third-order valence-corrected chi connectivity index (χ3v) is 8.98. The van der Waals surface area contributed by atoms with E-state index in [1.165, 1.54) is 0 Å². The summed E-state index contributed by atoms with van der Waals surface area (Å²) in [7, 11) is 1.67. The van der Waals surface area contributed by atoms with E-state index in [1.54, 1.807) is 19.2 Å². The van der Waals surface area contributed by atoms with Crippen molar-refractivity contribution >= 4 is 5.65 Å². The molecule has 48 heavy (non-hydrogen) atoms. The Morgan fingerprint density at radius 3 is 1.69 bits per heavy atom. The second-order valence-corrected chi connectivity index (χ2v) is 11.7. The molecule has 232 valence electrons. The summed E-state index contributed by atoms with van der Waals surface area (Å²) in [6.45, 7) is 0. The van der Waals surface area contributed by atoms with Crippen molar-refractivity contribution in [2.24, 2.45) is 0 Å². The summed E-state index contributed by atoms with van der Waals surface area (Å²) in [5.41, 5.74) is 8.93. The first-order chi connectivity index (χ1) is 23.6. The maximum absolute atomic E-state index is 10.2. The second-order valence-electron chi connectivity index (χ2n) is 11.7. The third-order valence-electron chi connectivity index (χ3n) is 8.98. The molecule has 6 heteroatoms. The average Bonchev–Trinajstić information content (AvgIpc) is 3.79. The Hall–Kier alpha value is -6.40. The van der Waals surface area contributed by atoms with E-state index < -0.39 is 5.54 Å². The fourth-order valence-electron chi connectivity index (χ4n) is 6.64. The molecule has 1 N–H and O–H groups in total. The summed E-state index contributed by atoms with van der Waals surface area (Å²) in [6.07, 6.45) is 6.18. The van der Waals surface area contributed by atoms with E-state index in [2.05, 4.69) is 100 Å². The highest BCUT2D eigenvalue weighted by Crippen LogP contribution is 2.43. The predicted octanol–water partition coefficient (Wildman–Crippen LogP) is 9.09. The number of phenols is 1. The molecule has 8 rings (SSSR count). The van der Waals surface area contributed by atoms with Crippen LogP contribution in [-0.4, -0.2) is 31.4 Å². The van der Waals surface area contributed by atoms with E-state index in [0.717, 1.165) is 61.7 Å². The van der Waals surface area contributed by atoms with Crippen molar-refractivity contribution in [3.63, 3.8) is 0 Å². The molecule has 0 atom stereocenters. The first kappa shape index (κ1) is 29.0. The number of methoxy groups -OCH3 is 1. The molecule has 0 saturated carbocycles. The van der Waals surface area contributed by atoms with Crippen molar-refractivity contribution < 1.29 is 9.84 Å². The van der Waals surface area contributed by atoms with Crippen molar-refractivity contribution in [3.05, 3.63) is 187 Å². The van der Waals surface area contributed by atoms with Crippen LogP contribution in [0.4, 0.5) is 0 Å². The molecule has 0 aliphatic carbocycles. The molecular weight excluding hydrogens is 592 g/mol. The highest BCUT2D eigenvalue weighted by atomic mass is 16.5. The van der Waals surface area contributed by atoms with Gasteiger partial charge in [0.15, 0.2) is 0 Å². The lowest BCUT2D eigenvalue weighted by molar-refractivity contribution is 0.415. The maximum atomic E-state index is 10.2. The monoisotopic (exact) mass is 624 g/mol. The van der Waals surface area contributed by atoms with Gasteiger partial charge in [0.1, 0.15) is 28.4 Å². The van der Waals surface area contributed by atoms with E-state index >= 15 is 0 Å². The fraction of sp³-hybridized carbons (Fsp3) is 0.0476. The molecule has 0 aliphatic rings. The van der Waals surface area contributed by atoms with Gasteiger partial charge in [0, 0.05) is 34.6 Å². The molecule has 6 nitrogen and oxygen atoms in total. The standard InChI is InChI=1S/C42H32N4O2/c1-48-37-24-19-30(20-25-37)39-27-43-40-26-21-32(28-45(39)40)38-29-46(44-41(38)31-17-22-36(47)23-18-31)42(33-11-5-2-6-12-33,34-13-7-3-8-14-34)35-15-9-4-10-16-35/h2-29,47H,1H3. The van der Waals surface area contributed by atoms with Crippen LogP contribution in [0.15, 0.2) is 170 Å². The summed E-state index contributed by atoms with van der Waals surface area (Å²) in [4.78, 5) is 4.71. The lowest BCUT2D eigenvalue weighted by Gasteiger charge is -2.36. The number of rotatable bonds is 8. The Balaban J connectivity index is 1.41. The molecule has 0 saturated heterocycles. The Morgan fingerprint density at radius 2 is 1.12 bits per heavy atom. The van der Waals surface area contributed by atoms with Crippen LogP contribution in [0.5, 0.6) is 11.5 Å². The normalized spacial score (nSPS) is 11.5. The zero-order chi connectivity index (χ0) is 32.5. The van der Waals surface area contributed by atoms with Crippen molar-refractivity contribution in [2.45, 2.75) is 5.54 Å². The Kier molecular flexibility index (Phi) is 7.31. The van der Waals surface area contributed by atoms with Crippen LogP contribution in [0, 0.1) is 0 Å². The van der Waals surface area contributed by atoms with Gasteiger partial charge in [0.2, 0.25) is 0 Å². The summed E-state index contributed by atoms with van der Waals surface area (Å²) in [5.74, 6) is 1.01. The first-order valence-electron chi connectivity index (χ1n) is 15.8. The number of phenolic OH excluding ortho intramolecular Hbond substituents is 1. The highest BCUT2D eigenvalue weighted by molar-refractivity contribution is 5.82. The summed E-state index contributed by atoms with van der Waals surface area (Å²) >= 11 is 0. The highest BCUT2D eigenvalue weighted by Gasteiger charge is 2.40. The van der Waals surface area contributed by atoms with Gasteiger partial charge in [-0.1, -0.05) is 91.0 Å². The second kappa shape index (κ2) is 12.1. The van der Waals surface area contributed by atoms with E-state index in [4.69, 9.17) is 14.8 Å². The van der Waals surface area contributed by atoms with Gasteiger partial charge in [0.05, 0.1) is 19.0 Å². The lowest BCUT2D eigenvalue weighted by atomic mass is 9.77. The molecule has 3 aromatic heterocycles. The molecule has 0 unspecified atom stereocenters. The molecule has 0 fully saturated rings. The summed E-state index contributed by atoms with van der Waals surface area (Å²) < 4.78 is 9.61. The Labute approximate surface area is 278 Å². The minimum Gasteiger partial charge on any atom is -0.508 e. The van der Waals surface area contributed by atoms with Crippen LogP contribution >= 0.6 is 0 Å². The van der Waals surface area contributed by atoms with Crippen LogP contribution < -0.4 is 4.74 Å². The number of ether oxygens (including phenoxy) is 1. The quantitative estimate of drug-likeness (QED) is 0.171. The Morgan fingerprint density at radius 1 is 0.583 bits per heavy atom. The number of hydrogen-bond acceptors (Lipinski definition) is 4. The van der Waals surface area contributed by atoms with E-state index in [-0.39, 0.29) is 5.75 Å². The molecule has 8 aromatic rings. The maximum Gasteiger partial charge on any atom is 0.138 e. The summed E-state index contributed by atoms with van der Waals surface area (Å²) in [6, 6.07) is 51.0. The van der Waals surface area contributed by atoms with Crippen molar-refractivity contribution in [1.29, 1.82) is 0 Å². The summed E-state index contributed by atoms with van der Waals surface area (Å²) in [5, 5.41) is 15.6. The fourth-order valence-corrected chi connectivity index (χ4v) is 6.64. The minimum atomic E-state index is -0.791. The molecule has 0 amide bonds. The van der Waals surface area contributed by atoms with E-state index in [0.29, 0.717) is 0 Å². The average molecular weight is 625 g/mol. The van der Waals surface area contributed by atoms with Crippen molar-refractivity contribution in [3.8, 4) is 45.1 Å². The van der Waals surface area contributed by atoms with Gasteiger partial charge in [0.25, 0.3) is 0 Å². The van der Waals surface area contributed by atoms with E-state index in [9.17, 15) is 5.11 Å². The van der Waals surface area contributed by atoms with Gasteiger partial charge < -0.3 is 9.84 Å².